The predicted octanol–water partition coefficient (Wildman–Crippen LogP) is 3.70. The van der Waals surface area contributed by atoms with Crippen molar-refractivity contribution in [1.29, 1.82) is 0 Å². The van der Waals surface area contributed by atoms with Crippen LogP contribution in [-0.2, 0) is 0 Å². The Morgan fingerprint density at radius 1 is 1.43 bits per heavy atom. The molecule has 0 heterocycles. The lowest BCUT2D eigenvalue weighted by Crippen LogP contribution is -2.46. The Balaban J connectivity index is 2.49. The maximum Gasteiger partial charge on any atom is 0.329 e. The highest BCUT2D eigenvalue weighted by Gasteiger charge is 2.51. The minimum absolute atomic E-state index is 0.204. The molecule has 0 saturated heterocycles. The first-order valence-corrected chi connectivity index (χ1v) is 5.97. The van der Waals surface area contributed by atoms with Crippen molar-refractivity contribution < 1.29 is 13.9 Å². The molecule has 0 spiro atoms. The maximum absolute atomic E-state index is 13.0. The smallest absolute Gasteiger partial charge is 0.329 e. The quantitative estimate of drug-likeness (QED) is 0.776. The average Bonchev–Trinajstić information content (AvgIpc) is 2.08. The van der Waals surface area contributed by atoms with Crippen LogP contribution in [0.1, 0.15) is 45.4 Å². The molecule has 1 fully saturated rings. The number of halogens is 3. The summed E-state index contributed by atoms with van der Waals surface area (Å²) in [6.45, 7) is 2.10. The summed E-state index contributed by atoms with van der Waals surface area (Å²) < 4.78 is 25.9. The molecule has 0 aromatic carbocycles. The molecule has 1 N–H and O–H groups in total. The minimum Gasteiger partial charge on any atom is -0.383 e. The molecule has 1 aliphatic rings. The van der Waals surface area contributed by atoms with Crippen LogP contribution in [0, 0.1) is 5.92 Å². The second-order valence-electron chi connectivity index (χ2n) is 4.26. The van der Waals surface area contributed by atoms with Crippen molar-refractivity contribution in [2.24, 2.45) is 5.92 Å². The van der Waals surface area contributed by atoms with Gasteiger partial charge in [-0.05, 0) is 47.5 Å². The van der Waals surface area contributed by atoms with Crippen molar-refractivity contribution in [1.82, 2.24) is 0 Å². The molecule has 0 aliphatic heterocycles. The Bertz CT molecular complexity index is 183. The van der Waals surface area contributed by atoms with Gasteiger partial charge in [0.15, 0.2) is 0 Å². The summed E-state index contributed by atoms with van der Waals surface area (Å²) in [6, 6.07) is 0. The van der Waals surface area contributed by atoms with Crippen LogP contribution in [0.5, 0.6) is 0 Å². The molecule has 0 bridgehead atoms. The molecule has 1 saturated carbocycles. The third-order valence-corrected chi connectivity index (χ3v) is 3.89. The molecular weight excluding hydrogens is 254 g/mol. The van der Waals surface area contributed by atoms with Crippen LogP contribution in [0.4, 0.5) is 8.78 Å². The van der Waals surface area contributed by atoms with Crippen LogP contribution in [0.15, 0.2) is 0 Å². The summed E-state index contributed by atoms with van der Waals surface area (Å²) in [5.74, 6) is 0.523. The fourth-order valence-corrected chi connectivity index (χ4v) is 2.53. The molecule has 0 unspecified atom stereocenters. The van der Waals surface area contributed by atoms with E-state index in [-0.39, 0.29) is 12.8 Å². The Morgan fingerprint density at radius 3 is 2.29 bits per heavy atom. The first kappa shape index (κ1) is 12.4. The van der Waals surface area contributed by atoms with Gasteiger partial charge in [-0.2, -0.15) is 8.78 Å². The molecule has 1 nitrogen and oxygen atoms in total. The highest BCUT2D eigenvalue weighted by Crippen LogP contribution is 2.46. The van der Waals surface area contributed by atoms with Gasteiger partial charge in [0.05, 0.1) is 0 Å². The van der Waals surface area contributed by atoms with Crippen molar-refractivity contribution in [3.63, 3.8) is 0 Å². The molecule has 0 atom stereocenters. The monoisotopic (exact) mass is 270 g/mol. The van der Waals surface area contributed by atoms with Gasteiger partial charge in [0.25, 0.3) is 0 Å². The summed E-state index contributed by atoms with van der Waals surface area (Å²) in [7, 11) is 0. The number of rotatable bonds is 3. The lowest BCUT2D eigenvalue weighted by molar-refractivity contribution is -0.140. The lowest BCUT2D eigenvalue weighted by Gasteiger charge is -2.38. The van der Waals surface area contributed by atoms with Crippen molar-refractivity contribution >= 4 is 15.9 Å². The van der Waals surface area contributed by atoms with Gasteiger partial charge >= 0.3 is 4.83 Å². The summed E-state index contributed by atoms with van der Waals surface area (Å²) in [5.41, 5.74) is -1.82. The van der Waals surface area contributed by atoms with Gasteiger partial charge in [-0.25, -0.2) is 0 Å². The Labute approximate surface area is 92.0 Å². The summed E-state index contributed by atoms with van der Waals surface area (Å²) >= 11 is 2.27. The zero-order chi connectivity index (χ0) is 10.8. The van der Waals surface area contributed by atoms with Crippen LogP contribution in [0.25, 0.3) is 0 Å². The van der Waals surface area contributed by atoms with E-state index in [4.69, 9.17) is 0 Å². The van der Waals surface area contributed by atoms with Crippen molar-refractivity contribution in [3.8, 4) is 0 Å². The summed E-state index contributed by atoms with van der Waals surface area (Å²) in [4.78, 5) is -3.14. The van der Waals surface area contributed by atoms with Crippen molar-refractivity contribution in [2.75, 3.05) is 0 Å². The molecule has 0 amide bonds. The van der Waals surface area contributed by atoms with Crippen LogP contribution in [0.3, 0.4) is 0 Å². The SMILES string of the molecule is CCCC1CCC(O)(C(F)(F)Br)CC1. The molecule has 84 valence electrons. The van der Waals surface area contributed by atoms with E-state index >= 15 is 0 Å². The highest BCUT2D eigenvalue weighted by atomic mass is 79.9. The molecule has 0 aromatic rings. The van der Waals surface area contributed by atoms with Gasteiger partial charge in [0.2, 0.25) is 0 Å². The maximum atomic E-state index is 13.0. The number of hydrogen-bond donors (Lipinski definition) is 1. The van der Waals surface area contributed by atoms with Crippen LogP contribution in [0.2, 0.25) is 0 Å². The van der Waals surface area contributed by atoms with Crippen LogP contribution >= 0.6 is 15.9 Å². The second kappa shape index (κ2) is 4.44. The van der Waals surface area contributed by atoms with E-state index in [1.807, 2.05) is 0 Å². The van der Waals surface area contributed by atoms with E-state index in [2.05, 4.69) is 22.9 Å². The van der Waals surface area contributed by atoms with Crippen molar-refractivity contribution in [3.05, 3.63) is 0 Å². The second-order valence-corrected chi connectivity index (χ2v) is 5.26. The fourth-order valence-electron chi connectivity index (χ4n) is 2.14. The zero-order valence-corrected chi connectivity index (χ0v) is 9.99. The predicted molar refractivity (Wildman–Crippen MR) is 55.7 cm³/mol. The highest BCUT2D eigenvalue weighted by molar-refractivity contribution is 9.10. The molecular formula is C10H17BrF2O. The van der Waals surface area contributed by atoms with Gasteiger partial charge < -0.3 is 5.11 Å². The van der Waals surface area contributed by atoms with E-state index in [1.165, 1.54) is 0 Å². The van der Waals surface area contributed by atoms with Gasteiger partial charge in [0, 0.05) is 0 Å². The van der Waals surface area contributed by atoms with Crippen molar-refractivity contribution in [2.45, 2.75) is 55.9 Å². The summed E-state index contributed by atoms with van der Waals surface area (Å²) in [5, 5.41) is 9.70. The standard InChI is InChI=1S/C10H17BrF2O/c1-2-3-8-4-6-9(14,7-5-8)10(11,12)13/h8,14H,2-7H2,1H3. The van der Waals surface area contributed by atoms with E-state index in [0.717, 1.165) is 12.8 Å². The molecule has 4 heteroatoms. The van der Waals surface area contributed by atoms with Gasteiger partial charge in [-0.1, -0.05) is 19.8 Å². The first-order chi connectivity index (χ1) is 6.39. The van der Waals surface area contributed by atoms with Crippen LogP contribution in [-0.4, -0.2) is 15.5 Å². The van der Waals surface area contributed by atoms with E-state index in [1.54, 1.807) is 0 Å². The Kier molecular flexibility index (Phi) is 3.92. The summed E-state index contributed by atoms with van der Waals surface area (Å²) in [6.07, 6.45) is 4.01. The molecule has 0 radical (unpaired) electrons. The molecule has 1 aliphatic carbocycles. The Morgan fingerprint density at radius 2 is 1.93 bits per heavy atom. The average molecular weight is 271 g/mol. The topological polar surface area (TPSA) is 20.2 Å². The molecule has 14 heavy (non-hydrogen) atoms. The largest absolute Gasteiger partial charge is 0.383 e. The van der Waals surface area contributed by atoms with Crippen LogP contribution < -0.4 is 0 Å². The minimum atomic E-state index is -3.14. The third kappa shape index (κ3) is 2.66. The van der Waals surface area contributed by atoms with E-state index in [9.17, 15) is 13.9 Å². The number of hydrogen-bond acceptors (Lipinski definition) is 1. The Hall–Kier alpha value is 0.300. The number of alkyl halides is 3. The normalized spacial score (nSPS) is 34.5. The number of aliphatic hydroxyl groups is 1. The zero-order valence-electron chi connectivity index (χ0n) is 8.40. The van der Waals surface area contributed by atoms with Gasteiger partial charge in [-0.3, -0.25) is 0 Å². The van der Waals surface area contributed by atoms with Gasteiger partial charge in [-0.15, -0.1) is 0 Å². The van der Waals surface area contributed by atoms with E-state index < -0.39 is 10.4 Å². The molecule has 1 rings (SSSR count). The first-order valence-electron chi connectivity index (χ1n) is 5.18. The lowest BCUT2D eigenvalue weighted by atomic mass is 9.77. The van der Waals surface area contributed by atoms with E-state index in [0.29, 0.717) is 18.8 Å². The van der Waals surface area contributed by atoms with Gasteiger partial charge in [0.1, 0.15) is 5.60 Å². The molecule has 0 aromatic heterocycles. The fraction of sp³-hybridized carbons (Fsp3) is 1.00. The third-order valence-electron chi connectivity index (χ3n) is 3.16.